The van der Waals surface area contributed by atoms with Crippen LogP contribution < -0.4 is 5.14 Å². The topological polar surface area (TPSA) is 63.4 Å². The van der Waals surface area contributed by atoms with Gasteiger partial charge in [-0.2, -0.15) is 12.7 Å². The van der Waals surface area contributed by atoms with Gasteiger partial charge in [-0.15, -0.1) is 0 Å². The summed E-state index contributed by atoms with van der Waals surface area (Å²) in [4.78, 5) is 0. The minimum absolute atomic E-state index is 0.414. The van der Waals surface area contributed by atoms with Crippen molar-refractivity contribution in [2.75, 3.05) is 13.1 Å². The van der Waals surface area contributed by atoms with E-state index in [0.717, 1.165) is 6.42 Å². The summed E-state index contributed by atoms with van der Waals surface area (Å²) in [5, 5.41) is 5.02. The molecule has 0 aromatic carbocycles. The Hall–Kier alpha value is -0.130. The minimum Gasteiger partial charge on any atom is -0.216 e. The molecule has 1 fully saturated rings. The van der Waals surface area contributed by atoms with Crippen LogP contribution in [0.1, 0.15) is 20.3 Å². The predicted molar refractivity (Wildman–Crippen MR) is 47.6 cm³/mol. The summed E-state index contributed by atoms with van der Waals surface area (Å²) in [6.45, 7) is 5.34. The van der Waals surface area contributed by atoms with Gasteiger partial charge in [-0.1, -0.05) is 13.8 Å². The minimum atomic E-state index is -3.45. The van der Waals surface area contributed by atoms with Crippen molar-refractivity contribution in [3.63, 3.8) is 0 Å². The fraction of sp³-hybridized carbons (Fsp3) is 1.00. The molecule has 0 radical (unpaired) electrons. The quantitative estimate of drug-likeness (QED) is 0.643. The average Bonchev–Trinajstić information content (AvgIpc) is 1.92. The number of nitrogens with two attached hydrogens (primary N) is 1. The van der Waals surface area contributed by atoms with Crippen LogP contribution in [0.2, 0.25) is 0 Å². The fourth-order valence-electron chi connectivity index (χ4n) is 1.46. The van der Waals surface area contributed by atoms with Crippen LogP contribution in [0.5, 0.6) is 0 Å². The summed E-state index contributed by atoms with van der Waals surface area (Å²) in [6.07, 6.45) is 0.914. The molecule has 12 heavy (non-hydrogen) atoms. The molecule has 2 N–H and O–H groups in total. The average molecular weight is 192 g/mol. The van der Waals surface area contributed by atoms with Crippen LogP contribution in [0.3, 0.4) is 0 Å². The summed E-state index contributed by atoms with van der Waals surface area (Å²) in [7, 11) is -3.45. The zero-order valence-corrected chi connectivity index (χ0v) is 8.34. The summed E-state index contributed by atoms with van der Waals surface area (Å²) in [5.41, 5.74) is 0. The van der Waals surface area contributed by atoms with E-state index in [4.69, 9.17) is 5.14 Å². The predicted octanol–water partition coefficient (Wildman–Crippen LogP) is 0.168. The Labute approximate surface area is 73.9 Å². The van der Waals surface area contributed by atoms with Crippen molar-refractivity contribution in [1.29, 1.82) is 0 Å². The van der Waals surface area contributed by atoms with Crippen molar-refractivity contribution in [3.05, 3.63) is 0 Å². The van der Waals surface area contributed by atoms with Crippen LogP contribution in [0.4, 0.5) is 0 Å². The Bertz CT molecular complexity index is 250. The lowest BCUT2D eigenvalue weighted by Gasteiger charge is -2.33. The highest BCUT2D eigenvalue weighted by molar-refractivity contribution is 7.86. The van der Waals surface area contributed by atoms with Crippen LogP contribution in [0.15, 0.2) is 0 Å². The first-order valence-electron chi connectivity index (χ1n) is 4.19. The number of hydrogen-bond donors (Lipinski definition) is 1. The van der Waals surface area contributed by atoms with Crippen LogP contribution in [-0.4, -0.2) is 25.8 Å². The van der Waals surface area contributed by atoms with Gasteiger partial charge in [0.15, 0.2) is 0 Å². The summed E-state index contributed by atoms with van der Waals surface area (Å²) in [5.74, 6) is 1.01. The van der Waals surface area contributed by atoms with Crippen molar-refractivity contribution in [3.8, 4) is 0 Å². The van der Waals surface area contributed by atoms with Crippen LogP contribution in [0, 0.1) is 11.8 Å². The van der Waals surface area contributed by atoms with Gasteiger partial charge in [0.1, 0.15) is 0 Å². The van der Waals surface area contributed by atoms with E-state index >= 15 is 0 Å². The highest BCUT2D eigenvalue weighted by Crippen LogP contribution is 2.23. The summed E-state index contributed by atoms with van der Waals surface area (Å²) >= 11 is 0. The molecular weight excluding hydrogens is 176 g/mol. The second kappa shape index (κ2) is 3.32. The van der Waals surface area contributed by atoms with Gasteiger partial charge in [-0.3, -0.25) is 0 Å². The first kappa shape index (κ1) is 9.95. The Morgan fingerprint density at radius 2 is 1.92 bits per heavy atom. The monoisotopic (exact) mass is 192 g/mol. The molecule has 4 nitrogen and oxygen atoms in total. The second-order valence-electron chi connectivity index (χ2n) is 3.65. The Balaban J connectivity index is 2.64. The number of nitrogens with zero attached hydrogens (tertiary/aromatic N) is 1. The molecular formula is C7H16N2O2S. The maximum atomic E-state index is 10.9. The highest BCUT2D eigenvalue weighted by atomic mass is 32.2. The third kappa shape index (κ3) is 2.18. The van der Waals surface area contributed by atoms with E-state index in [9.17, 15) is 8.42 Å². The van der Waals surface area contributed by atoms with Gasteiger partial charge in [0.2, 0.25) is 0 Å². The lowest BCUT2D eigenvalue weighted by molar-refractivity contribution is 0.212. The zero-order valence-electron chi connectivity index (χ0n) is 7.53. The first-order valence-corrected chi connectivity index (χ1v) is 5.69. The number of hydrogen-bond acceptors (Lipinski definition) is 2. The molecule has 1 heterocycles. The normalized spacial score (nSPS) is 33.6. The highest BCUT2D eigenvalue weighted by Gasteiger charge is 2.27. The smallest absolute Gasteiger partial charge is 0.216 e. The molecule has 1 saturated heterocycles. The first-order chi connectivity index (χ1) is 5.41. The zero-order chi connectivity index (χ0) is 9.35. The van der Waals surface area contributed by atoms with E-state index in [1.807, 2.05) is 0 Å². The van der Waals surface area contributed by atoms with Crippen molar-refractivity contribution >= 4 is 10.2 Å². The molecule has 1 aliphatic rings. The molecule has 0 amide bonds. The molecule has 1 aliphatic heterocycles. The number of rotatable bonds is 1. The van der Waals surface area contributed by atoms with Crippen LogP contribution in [0.25, 0.3) is 0 Å². The van der Waals surface area contributed by atoms with E-state index in [2.05, 4.69) is 13.8 Å². The van der Waals surface area contributed by atoms with Gasteiger partial charge < -0.3 is 0 Å². The maximum absolute atomic E-state index is 10.9. The van der Waals surface area contributed by atoms with E-state index < -0.39 is 10.2 Å². The van der Waals surface area contributed by atoms with Gasteiger partial charge in [-0.05, 0) is 18.3 Å². The van der Waals surface area contributed by atoms with E-state index in [-0.39, 0.29) is 0 Å². The maximum Gasteiger partial charge on any atom is 0.276 e. The third-order valence-corrected chi connectivity index (χ3v) is 3.71. The molecule has 0 saturated carbocycles. The molecule has 0 bridgehead atoms. The standard InChI is InChI=1S/C7H16N2O2S/c1-6-3-4-9(5-7(6)2)12(8,10)11/h6-7H,3-5H2,1-2H3,(H2,8,10,11)/t6-,7-/m0/s1. The lowest BCUT2D eigenvalue weighted by Crippen LogP contribution is -2.45. The fourth-order valence-corrected chi connectivity index (χ4v) is 2.26. The molecule has 5 heteroatoms. The molecule has 0 aromatic heterocycles. The summed E-state index contributed by atoms with van der Waals surface area (Å²) < 4.78 is 23.2. The van der Waals surface area contributed by atoms with Crippen molar-refractivity contribution < 1.29 is 8.42 Å². The number of piperidine rings is 1. The van der Waals surface area contributed by atoms with Gasteiger partial charge >= 0.3 is 0 Å². The van der Waals surface area contributed by atoms with Gasteiger partial charge in [0.25, 0.3) is 10.2 Å². The van der Waals surface area contributed by atoms with Crippen LogP contribution in [-0.2, 0) is 10.2 Å². The Morgan fingerprint density at radius 1 is 1.33 bits per heavy atom. The van der Waals surface area contributed by atoms with Gasteiger partial charge in [0, 0.05) is 13.1 Å². The molecule has 0 aliphatic carbocycles. The Morgan fingerprint density at radius 3 is 2.33 bits per heavy atom. The molecule has 2 atom stereocenters. The summed E-state index contributed by atoms with van der Waals surface area (Å²) in [6, 6.07) is 0. The molecule has 0 spiro atoms. The van der Waals surface area contributed by atoms with Gasteiger partial charge in [0.05, 0.1) is 0 Å². The van der Waals surface area contributed by atoms with E-state index in [1.165, 1.54) is 4.31 Å². The van der Waals surface area contributed by atoms with Crippen LogP contribution >= 0.6 is 0 Å². The third-order valence-electron chi connectivity index (χ3n) is 2.66. The van der Waals surface area contributed by atoms with Gasteiger partial charge in [-0.25, -0.2) is 5.14 Å². The SMILES string of the molecule is C[C@H]1CCN(S(N)(=O)=O)C[C@@H]1C. The lowest BCUT2D eigenvalue weighted by atomic mass is 9.90. The molecule has 0 unspecified atom stereocenters. The Kier molecular flexibility index (Phi) is 2.75. The largest absolute Gasteiger partial charge is 0.276 e. The van der Waals surface area contributed by atoms with E-state index in [1.54, 1.807) is 0 Å². The van der Waals surface area contributed by atoms with E-state index in [0.29, 0.717) is 24.9 Å². The van der Waals surface area contributed by atoms with Crippen molar-refractivity contribution in [2.45, 2.75) is 20.3 Å². The molecule has 1 rings (SSSR count). The molecule has 72 valence electrons. The molecule has 0 aromatic rings. The second-order valence-corrected chi connectivity index (χ2v) is 5.19. The van der Waals surface area contributed by atoms with Crippen molar-refractivity contribution in [2.24, 2.45) is 17.0 Å². The van der Waals surface area contributed by atoms with Crippen molar-refractivity contribution in [1.82, 2.24) is 4.31 Å².